The summed E-state index contributed by atoms with van der Waals surface area (Å²) in [6.45, 7) is 0. The average molecular weight is 246 g/mol. The summed E-state index contributed by atoms with van der Waals surface area (Å²) in [4.78, 5) is 10.5. The number of hydrogen-bond donors (Lipinski definition) is 2. The van der Waals surface area contributed by atoms with Crippen LogP contribution in [-0.4, -0.2) is 17.0 Å². The highest BCUT2D eigenvalue weighted by atomic mass is 16.6. The Kier molecular flexibility index (Phi) is 3.44. The Hall–Kier alpha value is -2.13. The minimum Gasteiger partial charge on any atom is -0.375 e. The third kappa shape index (κ3) is 2.41. The van der Waals surface area contributed by atoms with Gasteiger partial charge in [0.2, 0.25) is 0 Å². The van der Waals surface area contributed by atoms with Gasteiger partial charge in [-0.25, -0.2) is 0 Å². The van der Waals surface area contributed by atoms with Crippen LogP contribution in [0.15, 0.2) is 18.2 Å². The summed E-state index contributed by atoms with van der Waals surface area (Å²) < 4.78 is 0. The maximum atomic E-state index is 11.0. The average Bonchev–Trinajstić information content (AvgIpc) is 2.75. The van der Waals surface area contributed by atoms with Crippen molar-refractivity contribution in [2.75, 3.05) is 5.32 Å². The molecule has 1 saturated carbocycles. The van der Waals surface area contributed by atoms with Gasteiger partial charge in [-0.15, -0.1) is 0 Å². The van der Waals surface area contributed by atoms with Crippen LogP contribution < -0.4 is 11.1 Å². The number of hydrogen-bond acceptors (Lipinski definition) is 5. The fourth-order valence-electron chi connectivity index (χ4n) is 2.24. The minimum atomic E-state index is -0.482. The number of nitrogens with zero attached hydrogens (tertiary/aromatic N) is 2. The normalized spacial score (nSPS) is 22.4. The van der Waals surface area contributed by atoms with E-state index in [0.717, 1.165) is 19.3 Å². The van der Waals surface area contributed by atoms with Gasteiger partial charge in [0.15, 0.2) is 0 Å². The second kappa shape index (κ2) is 5.02. The van der Waals surface area contributed by atoms with Gasteiger partial charge in [-0.1, -0.05) is 0 Å². The van der Waals surface area contributed by atoms with Crippen molar-refractivity contribution in [2.45, 2.75) is 31.3 Å². The number of anilines is 1. The van der Waals surface area contributed by atoms with E-state index in [0.29, 0.717) is 5.69 Å². The van der Waals surface area contributed by atoms with Crippen LogP contribution in [0.1, 0.15) is 24.8 Å². The van der Waals surface area contributed by atoms with Crippen molar-refractivity contribution in [2.24, 2.45) is 5.73 Å². The van der Waals surface area contributed by atoms with Gasteiger partial charge in [-0.3, -0.25) is 10.1 Å². The smallest absolute Gasteiger partial charge is 0.293 e. The van der Waals surface area contributed by atoms with Crippen LogP contribution >= 0.6 is 0 Å². The molecule has 0 heterocycles. The third-order valence-electron chi connectivity index (χ3n) is 3.23. The molecule has 0 amide bonds. The van der Waals surface area contributed by atoms with Crippen molar-refractivity contribution >= 4 is 11.4 Å². The first-order valence-electron chi connectivity index (χ1n) is 5.82. The first kappa shape index (κ1) is 12.3. The van der Waals surface area contributed by atoms with Crippen LogP contribution in [0.2, 0.25) is 0 Å². The summed E-state index contributed by atoms with van der Waals surface area (Å²) in [5, 5.41) is 22.8. The first-order chi connectivity index (χ1) is 8.61. The highest BCUT2D eigenvalue weighted by molar-refractivity contribution is 5.64. The molecule has 1 aromatic carbocycles. The third-order valence-corrected chi connectivity index (χ3v) is 3.23. The molecule has 0 saturated heterocycles. The minimum absolute atomic E-state index is 0.0280. The molecule has 2 atom stereocenters. The number of nitrogens with two attached hydrogens (primary N) is 1. The van der Waals surface area contributed by atoms with Crippen molar-refractivity contribution in [3.8, 4) is 6.07 Å². The van der Waals surface area contributed by atoms with Gasteiger partial charge >= 0.3 is 0 Å². The molecule has 18 heavy (non-hydrogen) atoms. The molecule has 1 fully saturated rings. The Morgan fingerprint density at radius 1 is 1.50 bits per heavy atom. The van der Waals surface area contributed by atoms with Gasteiger partial charge < -0.3 is 11.1 Å². The number of nitro groups is 1. The molecule has 0 spiro atoms. The van der Waals surface area contributed by atoms with Gasteiger partial charge in [0, 0.05) is 18.2 Å². The second-order valence-corrected chi connectivity index (χ2v) is 4.45. The lowest BCUT2D eigenvalue weighted by Gasteiger charge is -2.18. The predicted octanol–water partition coefficient (Wildman–Crippen LogP) is 1.76. The van der Waals surface area contributed by atoms with E-state index in [-0.39, 0.29) is 23.3 Å². The molecule has 3 N–H and O–H groups in total. The van der Waals surface area contributed by atoms with E-state index in [9.17, 15) is 10.1 Å². The largest absolute Gasteiger partial charge is 0.375 e. The second-order valence-electron chi connectivity index (χ2n) is 4.45. The number of nitro benzene ring substituents is 1. The highest BCUT2D eigenvalue weighted by Gasteiger charge is 2.26. The van der Waals surface area contributed by atoms with Gasteiger partial charge in [0.05, 0.1) is 16.6 Å². The lowest BCUT2D eigenvalue weighted by Crippen LogP contribution is -2.35. The summed E-state index contributed by atoms with van der Waals surface area (Å²) in [6, 6.07) is 6.41. The molecule has 1 aliphatic rings. The quantitative estimate of drug-likeness (QED) is 0.624. The summed E-state index contributed by atoms with van der Waals surface area (Å²) in [6.07, 6.45) is 2.88. The molecule has 94 valence electrons. The fourth-order valence-corrected chi connectivity index (χ4v) is 2.24. The lowest BCUT2D eigenvalue weighted by molar-refractivity contribution is -0.384. The van der Waals surface area contributed by atoms with Crippen LogP contribution in [-0.2, 0) is 0 Å². The Morgan fingerprint density at radius 3 is 2.83 bits per heavy atom. The van der Waals surface area contributed by atoms with E-state index in [1.54, 1.807) is 12.1 Å². The number of nitrogens with one attached hydrogen (secondary N) is 1. The van der Waals surface area contributed by atoms with Gasteiger partial charge in [-0.2, -0.15) is 5.26 Å². The lowest BCUT2D eigenvalue weighted by atomic mass is 10.1. The van der Waals surface area contributed by atoms with Crippen LogP contribution in [0, 0.1) is 21.4 Å². The van der Waals surface area contributed by atoms with Crippen LogP contribution in [0.4, 0.5) is 11.4 Å². The Labute approximate surface area is 105 Å². The molecule has 0 aromatic heterocycles. The van der Waals surface area contributed by atoms with E-state index < -0.39 is 4.92 Å². The molecule has 6 heteroatoms. The summed E-state index contributed by atoms with van der Waals surface area (Å²) >= 11 is 0. The van der Waals surface area contributed by atoms with Gasteiger partial charge in [-0.05, 0) is 31.4 Å². The summed E-state index contributed by atoms with van der Waals surface area (Å²) in [7, 11) is 0. The predicted molar refractivity (Wildman–Crippen MR) is 67.0 cm³/mol. The zero-order valence-electron chi connectivity index (χ0n) is 9.80. The Morgan fingerprint density at radius 2 is 2.28 bits per heavy atom. The molecule has 0 aliphatic heterocycles. The number of nitriles is 1. The molecule has 1 aromatic rings. The van der Waals surface area contributed by atoms with Crippen LogP contribution in [0.25, 0.3) is 0 Å². The zero-order valence-corrected chi connectivity index (χ0v) is 9.80. The molecule has 6 nitrogen and oxygen atoms in total. The number of rotatable bonds is 3. The van der Waals surface area contributed by atoms with E-state index in [1.165, 1.54) is 6.07 Å². The highest BCUT2D eigenvalue weighted by Crippen LogP contribution is 2.29. The van der Waals surface area contributed by atoms with Crippen LogP contribution in [0.5, 0.6) is 0 Å². The SMILES string of the molecule is N#Cc1ccc(NC2CCCC2N)c([N+](=O)[O-])c1. The fraction of sp³-hybridized carbons (Fsp3) is 0.417. The van der Waals surface area contributed by atoms with E-state index in [1.807, 2.05) is 6.07 Å². The topological polar surface area (TPSA) is 105 Å². The molecule has 2 unspecified atom stereocenters. The molecular weight excluding hydrogens is 232 g/mol. The van der Waals surface area contributed by atoms with Crippen molar-refractivity contribution in [3.63, 3.8) is 0 Å². The number of benzene rings is 1. The van der Waals surface area contributed by atoms with Crippen molar-refractivity contribution in [3.05, 3.63) is 33.9 Å². The monoisotopic (exact) mass is 246 g/mol. The zero-order chi connectivity index (χ0) is 13.1. The van der Waals surface area contributed by atoms with E-state index in [4.69, 9.17) is 11.0 Å². The Balaban J connectivity index is 2.27. The molecule has 0 radical (unpaired) electrons. The van der Waals surface area contributed by atoms with Gasteiger partial charge in [0.1, 0.15) is 5.69 Å². The van der Waals surface area contributed by atoms with E-state index in [2.05, 4.69) is 5.32 Å². The summed E-state index contributed by atoms with van der Waals surface area (Å²) in [5.74, 6) is 0. The Bertz CT molecular complexity index is 509. The van der Waals surface area contributed by atoms with Gasteiger partial charge in [0.25, 0.3) is 5.69 Å². The molecule has 0 bridgehead atoms. The standard InChI is InChI=1S/C12H14N4O2/c13-7-8-4-5-11(12(6-8)16(17)18)15-10-3-1-2-9(10)14/h4-6,9-10,15H,1-3,14H2. The maximum absolute atomic E-state index is 11.0. The molecule has 2 rings (SSSR count). The van der Waals surface area contributed by atoms with Crippen LogP contribution in [0.3, 0.4) is 0 Å². The maximum Gasteiger partial charge on any atom is 0.293 e. The van der Waals surface area contributed by atoms with E-state index >= 15 is 0 Å². The first-order valence-corrected chi connectivity index (χ1v) is 5.82. The molecular formula is C12H14N4O2. The molecule has 1 aliphatic carbocycles. The van der Waals surface area contributed by atoms with Crippen molar-refractivity contribution in [1.29, 1.82) is 5.26 Å². The van der Waals surface area contributed by atoms with Crippen molar-refractivity contribution in [1.82, 2.24) is 0 Å². The summed E-state index contributed by atoms with van der Waals surface area (Å²) in [5.41, 5.74) is 6.56. The van der Waals surface area contributed by atoms with Crippen molar-refractivity contribution < 1.29 is 4.92 Å².